The van der Waals surface area contributed by atoms with Crippen LogP contribution in [0.15, 0.2) is 35.8 Å². The van der Waals surface area contributed by atoms with Gasteiger partial charge in [-0.25, -0.2) is 4.98 Å². The topological polar surface area (TPSA) is 45.2 Å². The van der Waals surface area contributed by atoms with E-state index in [-0.39, 0.29) is 11.9 Å². The maximum absolute atomic E-state index is 12.7. The van der Waals surface area contributed by atoms with Crippen LogP contribution in [0.1, 0.15) is 29.1 Å². The molecule has 0 radical (unpaired) electrons. The van der Waals surface area contributed by atoms with Crippen LogP contribution in [0, 0.1) is 0 Å². The molecule has 0 fully saturated rings. The number of pyridine rings is 1. The van der Waals surface area contributed by atoms with E-state index < -0.39 is 0 Å². The fourth-order valence-corrected chi connectivity index (χ4v) is 2.96. The van der Waals surface area contributed by atoms with Crippen molar-refractivity contribution in [1.82, 2.24) is 9.88 Å². The van der Waals surface area contributed by atoms with Crippen molar-refractivity contribution in [1.29, 1.82) is 0 Å². The van der Waals surface area contributed by atoms with Gasteiger partial charge in [-0.2, -0.15) is 0 Å². The van der Waals surface area contributed by atoms with Gasteiger partial charge in [0.25, 0.3) is 5.91 Å². The second-order valence-corrected chi connectivity index (χ2v) is 6.01. The lowest BCUT2D eigenvalue weighted by atomic mass is 10.1. The van der Waals surface area contributed by atoms with Crippen molar-refractivity contribution in [2.24, 2.45) is 0 Å². The molecule has 0 saturated carbocycles. The van der Waals surface area contributed by atoms with Gasteiger partial charge < -0.3 is 10.2 Å². The average Bonchev–Trinajstić information content (AvgIpc) is 2.99. The van der Waals surface area contributed by atoms with Gasteiger partial charge in [0, 0.05) is 37.1 Å². The van der Waals surface area contributed by atoms with Gasteiger partial charge in [0.15, 0.2) is 0 Å². The monoisotopic (exact) mass is 303 g/mol. The Morgan fingerprint density at radius 3 is 2.90 bits per heavy atom. The van der Waals surface area contributed by atoms with E-state index in [9.17, 15) is 4.79 Å². The number of amides is 1. The Kier molecular flexibility index (Phi) is 5.33. The third-order valence-corrected chi connectivity index (χ3v) is 4.34. The molecule has 1 N–H and O–H groups in total. The third kappa shape index (κ3) is 3.82. The molecule has 2 heterocycles. The third-order valence-electron chi connectivity index (χ3n) is 3.44. The molecule has 0 aromatic carbocycles. The lowest BCUT2D eigenvalue weighted by molar-refractivity contribution is 0.0744. The molecule has 2 aromatic heterocycles. The Morgan fingerprint density at radius 1 is 1.43 bits per heavy atom. The van der Waals surface area contributed by atoms with Crippen molar-refractivity contribution >= 4 is 23.1 Å². The van der Waals surface area contributed by atoms with Crippen LogP contribution >= 0.6 is 11.3 Å². The Hall–Kier alpha value is -1.88. The summed E-state index contributed by atoms with van der Waals surface area (Å²) in [6, 6.07) is 7.91. The molecule has 0 aliphatic carbocycles. The van der Waals surface area contributed by atoms with E-state index in [1.807, 2.05) is 26.1 Å². The molecule has 21 heavy (non-hydrogen) atoms. The zero-order valence-corrected chi connectivity index (χ0v) is 13.5. The molecule has 0 bridgehead atoms. The van der Waals surface area contributed by atoms with Gasteiger partial charge in [-0.05, 0) is 37.4 Å². The van der Waals surface area contributed by atoms with Gasteiger partial charge in [-0.15, -0.1) is 11.3 Å². The second kappa shape index (κ2) is 7.22. The molecular weight excluding hydrogens is 282 g/mol. The largest absolute Gasteiger partial charge is 0.370 e. The van der Waals surface area contributed by atoms with Gasteiger partial charge in [0.05, 0.1) is 5.56 Å². The molecule has 0 spiro atoms. The Bertz CT molecular complexity index is 583. The van der Waals surface area contributed by atoms with E-state index in [0.29, 0.717) is 11.4 Å². The van der Waals surface area contributed by atoms with E-state index in [0.717, 1.165) is 13.0 Å². The average molecular weight is 303 g/mol. The summed E-state index contributed by atoms with van der Waals surface area (Å²) < 4.78 is 0. The number of aromatic nitrogens is 1. The minimum absolute atomic E-state index is 0.00288. The molecule has 4 nitrogen and oxygen atoms in total. The molecule has 2 rings (SSSR count). The number of carbonyl (C=O) groups excluding carboxylic acids is 1. The second-order valence-electron chi connectivity index (χ2n) is 4.98. The van der Waals surface area contributed by atoms with Gasteiger partial charge in [-0.3, -0.25) is 4.79 Å². The predicted octanol–water partition coefficient (Wildman–Crippen LogP) is 3.28. The summed E-state index contributed by atoms with van der Waals surface area (Å²) in [6.45, 7) is 4.80. The van der Waals surface area contributed by atoms with Crippen molar-refractivity contribution in [2.75, 3.05) is 18.9 Å². The number of thiophene rings is 1. The Balaban J connectivity index is 2.11. The van der Waals surface area contributed by atoms with Crippen molar-refractivity contribution in [2.45, 2.75) is 26.3 Å². The first kappa shape index (κ1) is 15.5. The SMILES string of the molecule is CCNc1ncccc1C(=O)N(C)C(C)Cc1cccs1. The maximum Gasteiger partial charge on any atom is 0.257 e. The number of nitrogens with one attached hydrogen (secondary N) is 1. The van der Waals surface area contributed by atoms with Crippen LogP contribution in [0.25, 0.3) is 0 Å². The van der Waals surface area contributed by atoms with E-state index in [1.165, 1.54) is 4.88 Å². The lowest BCUT2D eigenvalue weighted by Crippen LogP contribution is -2.36. The fourth-order valence-electron chi connectivity index (χ4n) is 2.13. The van der Waals surface area contributed by atoms with Crippen LogP contribution in [0.5, 0.6) is 0 Å². The highest BCUT2D eigenvalue weighted by molar-refractivity contribution is 7.09. The quantitative estimate of drug-likeness (QED) is 0.891. The summed E-state index contributed by atoms with van der Waals surface area (Å²) in [7, 11) is 1.85. The molecular formula is C16H21N3OS. The highest BCUT2D eigenvalue weighted by Gasteiger charge is 2.20. The Labute approximate surface area is 129 Å². The van der Waals surface area contributed by atoms with Crippen LogP contribution in [-0.2, 0) is 6.42 Å². The van der Waals surface area contributed by atoms with Gasteiger partial charge in [0.2, 0.25) is 0 Å². The molecule has 0 saturated heterocycles. The zero-order chi connectivity index (χ0) is 15.2. The number of likely N-dealkylation sites (N-methyl/N-ethyl adjacent to an activating group) is 1. The molecule has 0 aliphatic heterocycles. The molecule has 0 aliphatic rings. The molecule has 1 atom stereocenters. The van der Waals surface area contributed by atoms with E-state index in [4.69, 9.17) is 0 Å². The number of anilines is 1. The van der Waals surface area contributed by atoms with Crippen LogP contribution in [0.2, 0.25) is 0 Å². The van der Waals surface area contributed by atoms with Crippen molar-refractivity contribution in [3.05, 3.63) is 46.3 Å². The predicted molar refractivity (Wildman–Crippen MR) is 88.0 cm³/mol. The number of rotatable bonds is 6. The minimum atomic E-state index is 0.00288. The lowest BCUT2D eigenvalue weighted by Gasteiger charge is -2.25. The first-order chi connectivity index (χ1) is 10.1. The molecule has 112 valence electrons. The van der Waals surface area contributed by atoms with E-state index in [2.05, 4.69) is 28.7 Å². The van der Waals surface area contributed by atoms with Crippen LogP contribution in [0.3, 0.4) is 0 Å². The molecule has 1 unspecified atom stereocenters. The zero-order valence-electron chi connectivity index (χ0n) is 12.7. The summed E-state index contributed by atoms with van der Waals surface area (Å²) in [4.78, 5) is 20.0. The molecule has 2 aromatic rings. The highest BCUT2D eigenvalue weighted by Crippen LogP contribution is 2.18. The minimum Gasteiger partial charge on any atom is -0.370 e. The summed E-state index contributed by atoms with van der Waals surface area (Å²) in [5, 5.41) is 5.20. The number of hydrogen-bond donors (Lipinski definition) is 1. The summed E-state index contributed by atoms with van der Waals surface area (Å²) >= 11 is 1.72. The number of hydrogen-bond acceptors (Lipinski definition) is 4. The van der Waals surface area contributed by atoms with Gasteiger partial charge >= 0.3 is 0 Å². The van der Waals surface area contributed by atoms with Crippen LogP contribution in [-0.4, -0.2) is 35.4 Å². The molecule has 5 heteroatoms. The van der Waals surface area contributed by atoms with E-state index >= 15 is 0 Å². The van der Waals surface area contributed by atoms with Crippen LogP contribution in [0.4, 0.5) is 5.82 Å². The number of nitrogens with zero attached hydrogens (tertiary/aromatic N) is 2. The molecule has 1 amide bonds. The standard InChI is InChI=1S/C16H21N3OS/c1-4-17-15-14(8-5-9-18-15)16(20)19(3)12(2)11-13-7-6-10-21-13/h5-10,12H,4,11H2,1-3H3,(H,17,18). The van der Waals surface area contributed by atoms with Gasteiger partial charge in [-0.1, -0.05) is 6.07 Å². The smallest absolute Gasteiger partial charge is 0.257 e. The summed E-state index contributed by atoms with van der Waals surface area (Å²) in [5.41, 5.74) is 0.625. The van der Waals surface area contributed by atoms with Crippen LogP contribution < -0.4 is 5.32 Å². The Morgan fingerprint density at radius 2 is 2.24 bits per heavy atom. The fraction of sp³-hybridized carbons (Fsp3) is 0.375. The van der Waals surface area contributed by atoms with Crippen molar-refractivity contribution < 1.29 is 4.79 Å². The first-order valence-corrected chi connectivity index (χ1v) is 7.99. The summed E-state index contributed by atoms with van der Waals surface area (Å²) in [6.07, 6.45) is 2.57. The number of carbonyl (C=O) groups is 1. The maximum atomic E-state index is 12.7. The van der Waals surface area contributed by atoms with Crippen molar-refractivity contribution in [3.8, 4) is 0 Å². The highest BCUT2D eigenvalue weighted by atomic mass is 32.1. The normalized spacial score (nSPS) is 12.0. The summed E-state index contributed by atoms with van der Waals surface area (Å²) in [5.74, 6) is 0.656. The van der Waals surface area contributed by atoms with E-state index in [1.54, 1.807) is 28.5 Å². The van der Waals surface area contributed by atoms with Crippen molar-refractivity contribution in [3.63, 3.8) is 0 Å². The first-order valence-electron chi connectivity index (χ1n) is 7.12. The van der Waals surface area contributed by atoms with Gasteiger partial charge in [0.1, 0.15) is 5.82 Å².